The van der Waals surface area contributed by atoms with Crippen molar-refractivity contribution >= 4 is 27.7 Å². The van der Waals surface area contributed by atoms with Gasteiger partial charge in [-0.25, -0.2) is 22.7 Å². The number of nitrogens with zero attached hydrogens (tertiary/aromatic N) is 5. The van der Waals surface area contributed by atoms with E-state index in [9.17, 15) is 8.42 Å². The Morgan fingerprint density at radius 1 is 1.32 bits per heavy atom. The molecule has 1 aromatic rings. The molecule has 0 saturated carbocycles. The minimum atomic E-state index is -3.14. The average Bonchev–Trinajstić information content (AvgIpc) is 2.70. The van der Waals surface area contributed by atoms with E-state index < -0.39 is 10.0 Å². The summed E-state index contributed by atoms with van der Waals surface area (Å²) < 4.78 is 30.2. The number of piperidine rings is 1. The molecule has 10 heteroatoms. The first-order valence-corrected chi connectivity index (χ1v) is 12.4. The van der Waals surface area contributed by atoms with Gasteiger partial charge in [-0.05, 0) is 19.9 Å². The maximum Gasteiger partial charge on any atom is 0.223 e. The van der Waals surface area contributed by atoms with Gasteiger partial charge in [-0.1, -0.05) is 19.2 Å². The van der Waals surface area contributed by atoms with Crippen LogP contribution in [0.1, 0.15) is 24.1 Å². The Morgan fingerprint density at radius 2 is 2.00 bits per heavy atom. The van der Waals surface area contributed by atoms with E-state index in [1.807, 2.05) is 7.05 Å². The molecule has 0 aromatic carbocycles. The summed E-state index contributed by atoms with van der Waals surface area (Å²) in [6, 6.07) is 0.624. The fourth-order valence-corrected chi connectivity index (χ4v) is 4.51. The summed E-state index contributed by atoms with van der Waals surface area (Å²) in [6.45, 7) is 12.5. The number of hydrogen-bond donors (Lipinski definition) is 1. The van der Waals surface area contributed by atoms with Crippen LogP contribution in [0.4, 0.5) is 5.95 Å². The molecule has 1 aromatic heterocycles. The van der Waals surface area contributed by atoms with Gasteiger partial charge in [-0.15, -0.1) is 0 Å². The molecule has 0 bridgehead atoms. The number of anilines is 1. The highest BCUT2D eigenvalue weighted by molar-refractivity contribution is 7.88. The predicted molar refractivity (Wildman–Crippen MR) is 124 cm³/mol. The molecule has 2 aliphatic rings. The Kier molecular flexibility index (Phi) is 7.68. The number of hydrogen-bond acceptors (Lipinski definition) is 8. The first-order valence-electron chi connectivity index (χ1n) is 10.6. The molecule has 0 unspecified atom stereocenters. The maximum absolute atomic E-state index is 11.7. The Bertz CT molecular complexity index is 894. The van der Waals surface area contributed by atoms with Gasteiger partial charge >= 0.3 is 0 Å². The third-order valence-electron chi connectivity index (χ3n) is 6.06. The highest BCUT2D eigenvalue weighted by Crippen LogP contribution is 2.22. The Balaban J connectivity index is 1.61. The van der Waals surface area contributed by atoms with Crippen molar-refractivity contribution in [3.05, 3.63) is 30.6 Å². The van der Waals surface area contributed by atoms with Gasteiger partial charge in [0.1, 0.15) is 0 Å². The van der Waals surface area contributed by atoms with Crippen LogP contribution in [0.25, 0.3) is 11.8 Å². The van der Waals surface area contributed by atoms with Crippen LogP contribution in [0.2, 0.25) is 0 Å². The minimum Gasteiger partial charge on any atom is -0.378 e. The van der Waals surface area contributed by atoms with Gasteiger partial charge in [0.25, 0.3) is 0 Å². The summed E-state index contributed by atoms with van der Waals surface area (Å²) in [5.41, 5.74) is 2.39. The standard InChI is InChI=1S/C21H34N6O3S/c1-6-17-13-22-21(23-18-7-9-27(10-8-18)31(5,28)29)24-20(17)16(2)25(3)11-12-26(4)19-14-30-15-19/h6,13,18-19H,1-2,7-12,14-15H2,3-5H3,(H,22,23,24). The summed E-state index contributed by atoms with van der Waals surface area (Å²) in [6.07, 6.45) is 6.17. The largest absolute Gasteiger partial charge is 0.378 e. The van der Waals surface area contributed by atoms with Gasteiger partial charge in [0.15, 0.2) is 0 Å². The van der Waals surface area contributed by atoms with Gasteiger partial charge in [0, 0.05) is 51.0 Å². The summed E-state index contributed by atoms with van der Waals surface area (Å²) in [7, 11) is 0.984. The van der Waals surface area contributed by atoms with Crippen LogP contribution >= 0.6 is 0 Å². The number of nitrogens with one attached hydrogen (secondary N) is 1. The SMILES string of the molecule is C=Cc1cnc(NC2CCN(S(C)(=O)=O)CC2)nc1C(=C)N(C)CCN(C)C1COC1. The van der Waals surface area contributed by atoms with Crippen LogP contribution in [-0.2, 0) is 14.8 Å². The van der Waals surface area contributed by atoms with Crippen molar-refractivity contribution < 1.29 is 13.2 Å². The molecule has 1 N–H and O–H groups in total. The number of likely N-dealkylation sites (N-methyl/N-ethyl adjacent to an activating group) is 2. The molecular weight excluding hydrogens is 416 g/mol. The lowest BCUT2D eigenvalue weighted by Gasteiger charge is -2.35. The molecule has 0 atom stereocenters. The van der Waals surface area contributed by atoms with Gasteiger partial charge in [-0.2, -0.15) is 0 Å². The average molecular weight is 451 g/mol. The van der Waals surface area contributed by atoms with Crippen LogP contribution in [0.5, 0.6) is 0 Å². The van der Waals surface area contributed by atoms with Crippen molar-refractivity contribution in [3.63, 3.8) is 0 Å². The molecule has 2 aliphatic heterocycles. The number of aromatic nitrogens is 2. The van der Waals surface area contributed by atoms with E-state index in [1.54, 1.807) is 12.3 Å². The van der Waals surface area contributed by atoms with Crippen molar-refractivity contribution in [2.24, 2.45) is 0 Å². The fraction of sp³-hybridized carbons (Fsp3) is 0.619. The van der Waals surface area contributed by atoms with E-state index in [1.165, 1.54) is 10.6 Å². The molecule has 0 radical (unpaired) electrons. The zero-order valence-corrected chi connectivity index (χ0v) is 19.6. The van der Waals surface area contributed by atoms with Crippen LogP contribution in [0.3, 0.4) is 0 Å². The summed E-state index contributed by atoms with van der Waals surface area (Å²) in [5.74, 6) is 0.525. The fourth-order valence-electron chi connectivity index (χ4n) is 3.64. The zero-order chi connectivity index (χ0) is 22.6. The smallest absolute Gasteiger partial charge is 0.223 e. The van der Waals surface area contributed by atoms with E-state index in [0.29, 0.717) is 37.9 Å². The molecule has 9 nitrogen and oxygen atoms in total. The third kappa shape index (κ3) is 6.03. The quantitative estimate of drug-likeness (QED) is 0.569. The number of ether oxygens (including phenoxy) is 1. The van der Waals surface area contributed by atoms with Crippen molar-refractivity contribution in [2.45, 2.75) is 24.9 Å². The second-order valence-corrected chi connectivity index (χ2v) is 10.3. The second-order valence-electron chi connectivity index (χ2n) is 8.32. The molecule has 2 saturated heterocycles. The lowest BCUT2D eigenvalue weighted by atomic mass is 10.1. The van der Waals surface area contributed by atoms with Crippen molar-refractivity contribution in [2.75, 3.05) is 65.1 Å². The van der Waals surface area contributed by atoms with Crippen molar-refractivity contribution in [1.82, 2.24) is 24.1 Å². The third-order valence-corrected chi connectivity index (χ3v) is 7.36. The van der Waals surface area contributed by atoms with Crippen LogP contribution in [0.15, 0.2) is 19.4 Å². The van der Waals surface area contributed by atoms with Crippen molar-refractivity contribution in [1.29, 1.82) is 0 Å². The van der Waals surface area contributed by atoms with Crippen molar-refractivity contribution in [3.8, 4) is 0 Å². The molecule has 31 heavy (non-hydrogen) atoms. The topological polar surface area (TPSA) is 90.9 Å². The highest BCUT2D eigenvalue weighted by atomic mass is 32.2. The number of rotatable bonds is 10. The van der Waals surface area contributed by atoms with E-state index in [-0.39, 0.29) is 6.04 Å². The molecule has 0 amide bonds. The lowest BCUT2D eigenvalue weighted by Crippen LogP contribution is -2.48. The maximum atomic E-state index is 11.7. The summed E-state index contributed by atoms with van der Waals surface area (Å²) in [4.78, 5) is 13.5. The first kappa shape index (κ1) is 23.6. The van der Waals surface area contributed by atoms with Crippen LogP contribution in [0, 0.1) is 0 Å². The summed E-state index contributed by atoms with van der Waals surface area (Å²) in [5, 5.41) is 3.36. The lowest BCUT2D eigenvalue weighted by molar-refractivity contribution is -0.0564. The van der Waals surface area contributed by atoms with E-state index in [2.05, 4.69) is 40.3 Å². The molecule has 172 valence electrons. The Labute approximate surface area is 185 Å². The summed E-state index contributed by atoms with van der Waals surface area (Å²) >= 11 is 0. The molecule has 0 spiro atoms. The predicted octanol–water partition coefficient (Wildman–Crippen LogP) is 1.19. The van der Waals surface area contributed by atoms with Gasteiger partial charge < -0.3 is 15.0 Å². The van der Waals surface area contributed by atoms with E-state index in [4.69, 9.17) is 9.72 Å². The molecule has 3 rings (SSSR count). The Hall–Kier alpha value is -2.01. The molecule has 0 aliphatic carbocycles. The minimum absolute atomic E-state index is 0.129. The number of sulfonamides is 1. The van der Waals surface area contributed by atoms with Crippen LogP contribution in [-0.4, -0.2) is 104 Å². The molecule has 2 fully saturated rings. The zero-order valence-electron chi connectivity index (χ0n) is 18.7. The molecule has 3 heterocycles. The molecular formula is C21H34N6O3S. The second kappa shape index (κ2) is 10.1. The van der Waals surface area contributed by atoms with Gasteiger partial charge in [0.2, 0.25) is 16.0 Å². The van der Waals surface area contributed by atoms with Gasteiger partial charge in [-0.3, -0.25) is 4.90 Å². The monoisotopic (exact) mass is 450 g/mol. The van der Waals surface area contributed by atoms with E-state index in [0.717, 1.165) is 43.3 Å². The highest BCUT2D eigenvalue weighted by Gasteiger charge is 2.26. The first-order chi connectivity index (χ1) is 14.7. The van der Waals surface area contributed by atoms with Crippen LogP contribution < -0.4 is 5.32 Å². The normalized spacial score (nSPS) is 18.6. The Morgan fingerprint density at radius 3 is 2.55 bits per heavy atom. The van der Waals surface area contributed by atoms with Gasteiger partial charge in [0.05, 0.1) is 36.9 Å². The van der Waals surface area contributed by atoms with E-state index >= 15 is 0 Å².